The van der Waals surface area contributed by atoms with Gasteiger partial charge in [-0.2, -0.15) is 0 Å². The van der Waals surface area contributed by atoms with Crippen LogP contribution in [-0.2, 0) is 16.4 Å². The predicted molar refractivity (Wildman–Crippen MR) is 118 cm³/mol. The summed E-state index contributed by atoms with van der Waals surface area (Å²) in [6.45, 7) is 7.78. The van der Waals surface area contributed by atoms with Crippen molar-refractivity contribution < 1.29 is 13.2 Å². The second-order valence-corrected chi connectivity index (χ2v) is 9.63. The molecule has 7 nitrogen and oxygen atoms in total. The van der Waals surface area contributed by atoms with Gasteiger partial charge in [0, 0.05) is 24.6 Å². The van der Waals surface area contributed by atoms with E-state index in [2.05, 4.69) is 29.1 Å². The quantitative estimate of drug-likeness (QED) is 0.660. The van der Waals surface area contributed by atoms with Crippen molar-refractivity contribution in [2.45, 2.75) is 36.6 Å². The number of aromatic nitrogens is 1. The van der Waals surface area contributed by atoms with E-state index < -0.39 is 15.2 Å². The number of urea groups is 1. The molecule has 2 N–H and O–H groups in total. The van der Waals surface area contributed by atoms with Crippen molar-refractivity contribution in [3.8, 4) is 0 Å². The molecule has 0 spiro atoms. The first-order chi connectivity index (χ1) is 14.4. The molecule has 1 atom stereocenters. The average molecular weight is 429 g/mol. The molecule has 0 aliphatic carbocycles. The fraction of sp³-hybridized carbons (Fsp3) is 0.364. The van der Waals surface area contributed by atoms with Gasteiger partial charge in [-0.3, -0.25) is 9.88 Å². The molecule has 0 radical (unpaired) electrons. The number of anilines is 1. The Morgan fingerprint density at radius 1 is 1.27 bits per heavy atom. The number of rotatable bonds is 7. The number of carbonyl (C=O) groups is 1. The van der Waals surface area contributed by atoms with Crippen molar-refractivity contribution in [1.82, 2.24) is 15.2 Å². The molecular formula is C22H28N4O3S. The lowest BCUT2D eigenvalue weighted by atomic mass is 9.99. The van der Waals surface area contributed by atoms with Crippen LogP contribution in [0.1, 0.15) is 25.3 Å². The SMILES string of the molecule is C=CC(N1CCC(C)CC1)S(=O)(=O)c1ccc(NC(=O)NCc2cccnc2)cc1. The molecule has 0 bridgehead atoms. The maximum absolute atomic E-state index is 13.1. The molecule has 2 amide bonds. The van der Waals surface area contributed by atoms with E-state index >= 15 is 0 Å². The lowest BCUT2D eigenvalue weighted by Gasteiger charge is -2.34. The zero-order valence-corrected chi connectivity index (χ0v) is 17.9. The van der Waals surface area contributed by atoms with E-state index in [4.69, 9.17) is 0 Å². The smallest absolute Gasteiger partial charge is 0.319 e. The van der Waals surface area contributed by atoms with Crippen LogP contribution in [0.3, 0.4) is 0 Å². The van der Waals surface area contributed by atoms with Crippen LogP contribution in [0.5, 0.6) is 0 Å². The van der Waals surface area contributed by atoms with Gasteiger partial charge in [-0.25, -0.2) is 13.2 Å². The number of piperidine rings is 1. The summed E-state index contributed by atoms with van der Waals surface area (Å²) in [4.78, 5) is 18.3. The van der Waals surface area contributed by atoms with Crippen molar-refractivity contribution in [3.05, 3.63) is 67.0 Å². The Balaban J connectivity index is 1.62. The largest absolute Gasteiger partial charge is 0.334 e. The Morgan fingerprint density at radius 2 is 1.97 bits per heavy atom. The fourth-order valence-electron chi connectivity index (χ4n) is 3.48. The molecule has 1 aliphatic rings. The second-order valence-electron chi connectivity index (χ2n) is 7.58. The van der Waals surface area contributed by atoms with Crippen LogP contribution in [0.2, 0.25) is 0 Å². The van der Waals surface area contributed by atoms with Crippen molar-refractivity contribution in [2.75, 3.05) is 18.4 Å². The first-order valence-electron chi connectivity index (χ1n) is 10.0. The number of benzene rings is 1. The Hall–Kier alpha value is -2.71. The van der Waals surface area contributed by atoms with E-state index in [1.807, 2.05) is 11.0 Å². The predicted octanol–water partition coefficient (Wildman–Crippen LogP) is 3.42. The number of amides is 2. The number of nitrogens with zero attached hydrogens (tertiary/aromatic N) is 2. The van der Waals surface area contributed by atoms with Gasteiger partial charge in [0.05, 0.1) is 4.90 Å². The molecule has 30 heavy (non-hydrogen) atoms. The van der Waals surface area contributed by atoms with Gasteiger partial charge in [-0.05, 0) is 67.7 Å². The summed E-state index contributed by atoms with van der Waals surface area (Å²) < 4.78 is 26.2. The molecule has 1 aromatic carbocycles. The highest BCUT2D eigenvalue weighted by atomic mass is 32.2. The number of likely N-dealkylation sites (tertiary alicyclic amines) is 1. The van der Waals surface area contributed by atoms with Gasteiger partial charge in [0.15, 0.2) is 9.84 Å². The third kappa shape index (κ3) is 5.46. The molecule has 2 aromatic rings. The lowest BCUT2D eigenvalue weighted by Crippen LogP contribution is -2.44. The van der Waals surface area contributed by atoms with E-state index in [0.717, 1.165) is 31.5 Å². The first-order valence-corrected chi connectivity index (χ1v) is 11.6. The number of hydrogen-bond donors (Lipinski definition) is 2. The highest BCUT2D eigenvalue weighted by Crippen LogP contribution is 2.26. The van der Waals surface area contributed by atoms with Crippen molar-refractivity contribution in [3.63, 3.8) is 0 Å². The molecule has 8 heteroatoms. The topological polar surface area (TPSA) is 91.4 Å². The summed E-state index contributed by atoms with van der Waals surface area (Å²) in [7, 11) is -3.59. The van der Waals surface area contributed by atoms with Gasteiger partial charge in [-0.15, -0.1) is 6.58 Å². The van der Waals surface area contributed by atoms with E-state index in [9.17, 15) is 13.2 Å². The Kier molecular flexibility index (Phi) is 7.23. The number of pyridine rings is 1. The van der Waals surface area contributed by atoms with Gasteiger partial charge in [0.25, 0.3) is 0 Å². The molecule has 3 rings (SSSR count). The van der Waals surface area contributed by atoms with Crippen LogP contribution in [0.25, 0.3) is 0 Å². The van der Waals surface area contributed by atoms with Crippen molar-refractivity contribution in [1.29, 1.82) is 0 Å². The van der Waals surface area contributed by atoms with Gasteiger partial charge in [0.2, 0.25) is 0 Å². The zero-order valence-electron chi connectivity index (χ0n) is 17.1. The zero-order chi connectivity index (χ0) is 21.6. The van der Waals surface area contributed by atoms with Crippen molar-refractivity contribution >= 4 is 21.6 Å². The minimum absolute atomic E-state index is 0.215. The third-order valence-electron chi connectivity index (χ3n) is 5.31. The number of hydrogen-bond acceptors (Lipinski definition) is 5. The van der Waals surface area contributed by atoms with E-state index in [1.165, 1.54) is 18.2 Å². The normalized spacial score (nSPS) is 16.6. The summed E-state index contributed by atoms with van der Waals surface area (Å²) in [6.07, 6.45) is 6.82. The van der Waals surface area contributed by atoms with Crippen LogP contribution in [0.15, 0.2) is 66.3 Å². The van der Waals surface area contributed by atoms with E-state index in [0.29, 0.717) is 18.2 Å². The highest BCUT2D eigenvalue weighted by molar-refractivity contribution is 7.92. The highest BCUT2D eigenvalue weighted by Gasteiger charge is 2.32. The molecular weight excluding hydrogens is 400 g/mol. The Morgan fingerprint density at radius 3 is 2.57 bits per heavy atom. The molecule has 1 fully saturated rings. The summed E-state index contributed by atoms with van der Waals surface area (Å²) in [5.41, 5.74) is 1.40. The number of carbonyl (C=O) groups excluding carboxylic acids is 1. The minimum atomic E-state index is -3.59. The maximum atomic E-state index is 13.1. The first kappa shape index (κ1) is 22.0. The number of sulfone groups is 1. The second kappa shape index (κ2) is 9.86. The summed E-state index contributed by atoms with van der Waals surface area (Å²) in [5.74, 6) is 0.615. The maximum Gasteiger partial charge on any atom is 0.319 e. The molecule has 160 valence electrons. The molecule has 0 saturated carbocycles. The van der Waals surface area contributed by atoms with Crippen molar-refractivity contribution in [2.24, 2.45) is 5.92 Å². The monoisotopic (exact) mass is 428 g/mol. The van der Waals surface area contributed by atoms with E-state index in [-0.39, 0.29) is 10.9 Å². The van der Waals surface area contributed by atoms with E-state index in [1.54, 1.807) is 30.6 Å². The molecule has 1 unspecified atom stereocenters. The molecule has 1 aliphatic heterocycles. The standard InChI is InChI=1S/C22H28N4O3S/c1-3-21(26-13-10-17(2)11-14-26)30(28,29)20-8-6-19(7-9-20)25-22(27)24-16-18-5-4-12-23-15-18/h3-9,12,15,17,21H,1,10-11,13-14,16H2,2H3,(H2,24,25,27). The Labute approximate surface area is 178 Å². The van der Waals surface area contributed by atoms with Crippen LogP contribution in [0, 0.1) is 5.92 Å². The minimum Gasteiger partial charge on any atom is -0.334 e. The van der Waals surface area contributed by atoms with Gasteiger partial charge < -0.3 is 10.6 Å². The van der Waals surface area contributed by atoms with Gasteiger partial charge in [-0.1, -0.05) is 19.1 Å². The average Bonchev–Trinajstić information content (AvgIpc) is 2.75. The molecule has 1 aromatic heterocycles. The summed E-state index contributed by atoms with van der Waals surface area (Å²) >= 11 is 0. The molecule has 1 saturated heterocycles. The summed E-state index contributed by atoms with van der Waals surface area (Å²) in [6, 6.07) is 9.52. The Bertz CT molecular complexity index is 954. The summed E-state index contributed by atoms with van der Waals surface area (Å²) in [5, 5.41) is 4.70. The van der Waals surface area contributed by atoms with Gasteiger partial charge >= 0.3 is 6.03 Å². The van der Waals surface area contributed by atoms with Gasteiger partial charge in [0.1, 0.15) is 5.37 Å². The van der Waals surface area contributed by atoms with Crippen LogP contribution in [0.4, 0.5) is 10.5 Å². The van der Waals surface area contributed by atoms with Crippen LogP contribution in [-0.4, -0.2) is 42.8 Å². The van der Waals surface area contributed by atoms with Crippen LogP contribution >= 0.6 is 0 Å². The molecule has 2 heterocycles. The third-order valence-corrected chi connectivity index (χ3v) is 7.37. The number of nitrogens with one attached hydrogen (secondary N) is 2. The van der Waals surface area contributed by atoms with Crippen LogP contribution < -0.4 is 10.6 Å². The lowest BCUT2D eigenvalue weighted by molar-refractivity contribution is 0.192. The fourth-order valence-corrected chi connectivity index (χ4v) is 5.13.